The molecule has 0 N–H and O–H groups in total. The van der Waals surface area contributed by atoms with Gasteiger partial charge in [-0.3, -0.25) is 0 Å². The van der Waals surface area contributed by atoms with E-state index in [0.29, 0.717) is 0 Å². The van der Waals surface area contributed by atoms with Crippen LogP contribution in [0.1, 0.15) is 0 Å². The second-order valence-corrected chi connectivity index (χ2v) is 9.78. The van der Waals surface area contributed by atoms with E-state index in [-0.39, 0.29) is 0 Å². The number of alkyl halides is 6. The quantitative estimate of drug-likeness (QED) is 0.613. The fourth-order valence-corrected chi connectivity index (χ4v) is 3.54. The van der Waals surface area contributed by atoms with Crippen molar-refractivity contribution in [2.24, 2.45) is 0 Å². The Kier molecular flexibility index (Phi) is 8.23. The van der Waals surface area contributed by atoms with Crippen LogP contribution in [0.4, 0.5) is 0 Å². The normalized spacial score (nSPS) is 13.0. The summed E-state index contributed by atoms with van der Waals surface area (Å²) in [5.41, 5.74) is 0. The number of halogens is 6. The standard InChI is InChI=1S/C2Cl6O2S.H2O2S/c3-1(4,5)11(9,10)2(6,7)8;1-3-2/h;3H2. The maximum Gasteiger partial charge on any atom is 0.296 e. The minimum atomic E-state index is -4.42. The van der Waals surface area contributed by atoms with Gasteiger partial charge in [0.05, 0.1) is 0 Å². The Hall–Kier alpha value is 1.64. The van der Waals surface area contributed by atoms with Crippen LogP contribution in [0.5, 0.6) is 0 Å². The molecule has 0 aromatic rings. The molecule has 0 spiro atoms. The highest BCUT2D eigenvalue weighted by atomic mass is 35.6. The lowest BCUT2D eigenvalue weighted by Gasteiger charge is -2.17. The van der Waals surface area contributed by atoms with Gasteiger partial charge in [-0.25, -0.2) is 16.8 Å². The Morgan fingerprint density at radius 2 is 0.929 bits per heavy atom. The van der Waals surface area contributed by atoms with Gasteiger partial charge in [-0.05, 0) is 0 Å². The third-order valence-electron chi connectivity index (χ3n) is 0.609. The van der Waals surface area contributed by atoms with E-state index >= 15 is 0 Å². The number of hydrogen-bond acceptors (Lipinski definition) is 4. The average Bonchev–Trinajstić information content (AvgIpc) is 1.83. The molecular weight excluding hydrogens is 365 g/mol. The summed E-state index contributed by atoms with van der Waals surface area (Å²) in [6.45, 7) is 0. The van der Waals surface area contributed by atoms with Crippen LogP contribution < -0.4 is 0 Å². The molecule has 0 rings (SSSR count). The van der Waals surface area contributed by atoms with Gasteiger partial charge in [-0.15, -0.1) is 0 Å². The van der Waals surface area contributed by atoms with Crippen molar-refractivity contribution in [3.05, 3.63) is 0 Å². The molecule has 0 aliphatic carbocycles. The van der Waals surface area contributed by atoms with Crippen molar-refractivity contribution in [3.63, 3.8) is 0 Å². The highest BCUT2D eigenvalue weighted by Gasteiger charge is 2.52. The molecule has 88 valence electrons. The first-order chi connectivity index (χ1) is 5.91. The summed E-state index contributed by atoms with van der Waals surface area (Å²) in [4.78, 5) is 0. The zero-order valence-electron chi connectivity index (χ0n) is 5.81. The van der Waals surface area contributed by atoms with E-state index in [9.17, 15) is 8.42 Å². The van der Waals surface area contributed by atoms with Gasteiger partial charge in [0.25, 0.3) is 6.25 Å². The Bertz CT molecular complexity index is 284. The van der Waals surface area contributed by atoms with E-state index in [1.807, 2.05) is 0 Å². The van der Waals surface area contributed by atoms with Crippen molar-refractivity contribution in [1.82, 2.24) is 0 Å². The topological polar surface area (TPSA) is 68.3 Å². The lowest BCUT2D eigenvalue weighted by Crippen LogP contribution is -2.31. The van der Waals surface area contributed by atoms with E-state index in [4.69, 9.17) is 78.0 Å². The van der Waals surface area contributed by atoms with Crippen molar-refractivity contribution < 1.29 is 16.8 Å². The zero-order valence-corrected chi connectivity index (χ0v) is 12.2. The van der Waals surface area contributed by atoms with Gasteiger partial charge in [0.1, 0.15) is 11.6 Å². The molecule has 4 nitrogen and oxygen atoms in total. The fourth-order valence-electron chi connectivity index (χ4n) is 0.131. The molecule has 0 atom stereocenters. The number of sulfone groups is 1. The molecule has 0 aliphatic heterocycles. The van der Waals surface area contributed by atoms with Gasteiger partial charge in [0.2, 0.25) is 9.84 Å². The van der Waals surface area contributed by atoms with Crippen LogP contribution in [0.15, 0.2) is 0 Å². The predicted molar refractivity (Wildman–Crippen MR) is 61.2 cm³/mol. The molecule has 0 unspecified atom stereocenters. The highest BCUT2D eigenvalue weighted by Crippen LogP contribution is 2.46. The maximum atomic E-state index is 10.9. The molecule has 0 aromatic heterocycles. The van der Waals surface area contributed by atoms with Gasteiger partial charge in [-0.2, -0.15) is 0 Å². The van der Waals surface area contributed by atoms with E-state index in [1.165, 1.54) is 0 Å². The summed E-state index contributed by atoms with van der Waals surface area (Å²) in [7, 11) is -4.42. The zero-order chi connectivity index (χ0) is 12.2. The monoisotopic (exact) mass is 364 g/mol. The van der Waals surface area contributed by atoms with Gasteiger partial charge in [-0.1, -0.05) is 69.6 Å². The van der Waals surface area contributed by atoms with Gasteiger partial charge in [0, 0.05) is 0 Å². The molecule has 0 saturated carbocycles. The van der Waals surface area contributed by atoms with Crippen LogP contribution in [0.2, 0.25) is 0 Å². The largest absolute Gasteiger partial charge is 0.296 e. The van der Waals surface area contributed by atoms with Crippen LogP contribution >= 0.6 is 69.6 Å². The van der Waals surface area contributed by atoms with E-state index in [1.54, 1.807) is 0 Å². The average molecular weight is 367 g/mol. The first kappa shape index (κ1) is 18.0. The Morgan fingerprint density at radius 1 is 0.786 bits per heavy atom. The van der Waals surface area contributed by atoms with Crippen molar-refractivity contribution in [2.45, 2.75) is 6.25 Å². The van der Waals surface area contributed by atoms with Crippen LogP contribution in [-0.2, 0) is 21.4 Å². The molecular formula is C2H2Cl6O4S2. The lowest BCUT2D eigenvalue weighted by atomic mass is 11.8. The molecule has 0 bridgehead atoms. The predicted octanol–water partition coefficient (Wildman–Crippen LogP) is 1.85. The summed E-state index contributed by atoms with van der Waals surface area (Å²) in [5, 5.41) is 0. The summed E-state index contributed by atoms with van der Waals surface area (Å²) in [6.07, 6.45) is 0. The summed E-state index contributed by atoms with van der Waals surface area (Å²) < 4.78 is 33.3. The Balaban J connectivity index is 0. The first-order valence-electron chi connectivity index (χ1n) is 2.28. The molecule has 0 aromatic carbocycles. The van der Waals surface area contributed by atoms with Crippen LogP contribution in [0.25, 0.3) is 0 Å². The minimum Gasteiger partial charge on any atom is -0.235 e. The Labute approximate surface area is 113 Å². The van der Waals surface area contributed by atoms with Crippen LogP contribution in [-0.4, -0.2) is 23.1 Å². The molecule has 0 heterocycles. The SMILES string of the molecule is O=S(=O)(C(Cl)(Cl)Cl)C(Cl)(Cl)Cl.O=[SH2]=O. The second kappa shape index (κ2) is 6.39. The maximum absolute atomic E-state index is 10.9. The van der Waals surface area contributed by atoms with E-state index in [0.717, 1.165) is 0 Å². The fraction of sp³-hybridized carbons (Fsp3) is 1.00. The summed E-state index contributed by atoms with van der Waals surface area (Å²) >= 11 is 28.6. The van der Waals surface area contributed by atoms with Gasteiger partial charge in [0.15, 0.2) is 0 Å². The third kappa shape index (κ3) is 5.65. The summed E-state index contributed by atoms with van der Waals surface area (Å²) in [5.74, 6) is 0. The van der Waals surface area contributed by atoms with Crippen molar-refractivity contribution >= 4 is 91.0 Å². The van der Waals surface area contributed by atoms with Crippen molar-refractivity contribution in [2.75, 3.05) is 0 Å². The molecule has 0 radical (unpaired) electrons. The van der Waals surface area contributed by atoms with Gasteiger partial charge >= 0.3 is 0 Å². The molecule has 12 heteroatoms. The highest BCUT2D eigenvalue weighted by molar-refractivity contribution is 8.02. The van der Waals surface area contributed by atoms with E-state index < -0.39 is 27.7 Å². The minimum absolute atomic E-state index is 1.42. The summed E-state index contributed by atoms with van der Waals surface area (Å²) in [6, 6.07) is 0. The Morgan fingerprint density at radius 3 is 0.929 bits per heavy atom. The van der Waals surface area contributed by atoms with Crippen LogP contribution in [0.3, 0.4) is 0 Å². The van der Waals surface area contributed by atoms with Gasteiger partial charge < -0.3 is 0 Å². The molecule has 0 saturated heterocycles. The van der Waals surface area contributed by atoms with Crippen molar-refractivity contribution in [1.29, 1.82) is 0 Å². The van der Waals surface area contributed by atoms with E-state index in [2.05, 4.69) is 0 Å². The number of hydrogen-bond donors (Lipinski definition) is 0. The molecule has 0 amide bonds. The second-order valence-electron chi connectivity index (χ2n) is 1.48. The molecule has 14 heavy (non-hydrogen) atoms. The lowest BCUT2D eigenvalue weighted by molar-refractivity contribution is 0.596. The third-order valence-corrected chi connectivity index (χ3v) is 5.48. The van der Waals surface area contributed by atoms with Crippen molar-refractivity contribution in [3.8, 4) is 0 Å². The smallest absolute Gasteiger partial charge is 0.235 e. The number of rotatable bonds is 0. The first-order valence-corrected chi connectivity index (χ1v) is 6.85. The molecule has 0 aliphatic rings. The van der Waals surface area contributed by atoms with Crippen LogP contribution in [0, 0.1) is 0 Å². The molecule has 0 fully saturated rings.